The van der Waals surface area contributed by atoms with E-state index < -0.39 is 6.16 Å². The van der Waals surface area contributed by atoms with E-state index in [9.17, 15) is 4.79 Å². The average molecular weight is 199 g/mol. The molecule has 14 heavy (non-hydrogen) atoms. The summed E-state index contributed by atoms with van der Waals surface area (Å²) in [7, 11) is 1.93. The molecule has 4 heteroatoms. The SMILES string of the molecule is CNC1CCC=CC(OC(=O)O)CC1. The third kappa shape index (κ3) is 3.79. The van der Waals surface area contributed by atoms with Crippen LogP contribution >= 0.6 is 0 Å². The Labute approximate surface area is 83.9 Å². The van der Waals surface area contributed by atoms with Crippen LogP contribution in [0.4, 0.5) is 4.79 Å². The Morgan fingerprint density at radius 3 is 2.93 bits per heavy atom. The molecule has 0 aromatic heterocycles. The number of rotatable bonds is 2. The van der Waals surface area contributed by atoms with Gasteiger partial charge in [0.2, 0.25) is 0 Å². The lowest BCUT2D eigenvalue weighted by atomic mass is 10.00. The van der Waals surface area contributed by atoms with Gasteiger partial charge in [0.1, 0.15) is 6.10 Å². The molecule has 1 aliphatic rings. The molecule has 2 N–H and O–H groups in total. The molecule has 0 fully saturated rings. The highest BCUT2D eigenvalue weighted by Gasteiger charge is 2.15. The first-order valence-electron chi connectivity index (χ1n) is 4.96. The van der Waals surface area contributed by atoms with Crippen LogP contribution in [0.3, 0.4) is 0 Å². The van der Waals surface area contributed by atoms with Crippen LogP contribution in [0, 0.1) is 0 Å². The molecule has 0 radical (unpaired) electrons. The lowest BCUT2D eigenvalue weighted by Crippen LogP contribution is -2.28. The summed E-state index contributed by atoms with van der Waals surface area (Å²) in [6.07, 6.45) is 6.17. The van der Waals surface area contributed by atoms with E-state index in [4.69, 9.17) is 9.84 Å². The highest BCUT2D eigenvalue weighted by molar-refractivity contribution is 5.57. The quantitative estimate of drug-likeness (QED) is 0.525. The van der Waals surface area contributed by atoms with E-state index in [0.29, 0.717) is 6.04 Å². The maximum atomic E-state index is 10.3. The molecule has 1 aliphatic carbocycles. The van der Waals surface area contributed by atoms with Crippen LogP contribution in [0.25, 0.3) is 0 Å². The molecule has 2 atom stereocenters. The standard InChI is InChI=1S/C10H17NO3/c1-11-8-4-2-3-5-9(7-6-8)14-10(12)13/h3,5,8-9,11H,2,4,6-7H2,1H3,(H,12,13). The Kier molecular flexibility index (Phi) is 4.46. The molecule has 0 aromatic rings. The molecule has 0 spiro atoms. The van der Waals surface area contributed by atoms with E-state index in [1.807, 2.05) is 19.2 Å². The maximum Gasteiger partial charge on any atom is 0.506 e. The summed E-state index contributed by atoms with van der Waals surface area (Å²) in [5.74, 6) is 0. The summed E-state index contributed by atoms with van der Waals surface area (Å²) >= 11 is 0. The van der Waals surface area contributed by atoms with Crippen molar-refractivity contribution in [2.24, 2.45) is 0 Å². The smallest absolute Gasteiger partial charge is 0.450 e. The van der Waals surface area contributed by atoms with Gasteiger partial charge in [0.05, 0.1) is 0 Å². The number of nitrogens with one attached hydrogen (secondary N) is 1. The normalized spacial score (nSPS) is 27.8. The van der Waals surface area contributed by atoms with Gasteiger partial charge in [-0.05, 0) is 38.8 Å². The van der Waals surface area contributed by atoms with E-state index in [0.717, 1.165) is 25.7 Å². The van der Waals surface area contributed by atoms with Crippen molar-refractivity contribution in [2.75, 3.05) is 7.05 Å². The molecule has 1 rings (SSSR count). The minimum Gasteiger partial charge on any atom is -0.450 e. The third-order valence-corrected chi connectivity index (χ3v) is 2.49. The van der Waals surface area contributed by atoms with Crippen molar-refractivity contribution in [3.05, 3.63) is 12.2 Å². The molecule has 0 aliphatic heterocycles. The van der Waals surface area contributed by atoms with Crippen LogP contribution in [0.2, 0.25) is 0 Å². The van der Waals surface area contributed by atoms with Gasteiger partial charge < -0.3 is 15.2 Å². The molecule has 0 saturated carbocycles. The highest BCUT2D eigenvalue weighted by atomic mass is 16.7. The predicted octanol–water partition coefficient (Wildman–Crippen LogP) is 1.77. The monoisotopic (exact) mass is 199 g/mol. The van der Waals surface area contributed by atoms with Gasteiger partial charge in [-0.3, -0.25) is 0 Å². The molecule has 4 nitrogen and oxygen atoms in total. The van der Waals surface area contributed by atoms with Crippen LogP contribution in [-0.2, 0) is 4.74 Å². The van der Waals surface area contributed by atoms with E-state index in [1.54, 1.807) is 0 Å². The summed E-state index contributed by atoms with van der Waals surface area (Å²) < 4.78 is 4.72. The summed E-state index contributed by atoms with van der Waals surface area (Å²) in [6, 6.07) is 0.472. The lowest BCUT2D eigenvalue weighted by Gasteiger charge is -2.20. The summed E-state index contributed by atoms with van der Waals surface area (Å²) in [4.78, 5) is 10.3. The van der Waals surface area contributed by atoms with Crippen LogP contribution in [-0.4, -0.2) is 30.5 Å². The van der Waals surface area contributed by atoms with E-state index in [2.05, 4.69) is 5.32 Å². The van der Waals surface area contributed by atoms with Crippen LogP contribution in [0.5, 0.6) is 0 Å². The van der Waals surface area contributed by atoms with E-state index in [1.165, 1.54) is 0 Å². The zero-order valence-electron chi connectivity index (χ0n) is 8.40. The number of carboxylic acid groups (broad SMARTS) is 1. The molecule has 0 amide bonds. The van der Waals surface area contributed by atoms with Crippen LogP contribution in [0.15, 0.2) is 12.2 Å². The van der Waals surface area contributed by atoms with Gasteiger partial charge in [0, 0.05) is 6.04 Å². The minimum absolute atomic E-state index is 0.274. The van der Waals surface area contributed by atoms with Gasteiger partial charge in [-0.25, -0.2) is 4.79 Å². The Morgan fingerprint density at radius 2 is 2.29 bits per heavy atom. The fourth-order valence-electron chi connectivity index (χ4n) is 1.67. The van der Waals surface area contributed by atoms with Crippen molar-refractivity contribution in [1.29, 1.82) is 0 Å². The summed E-state index contributed by atoms with van der Waals surface area (Å²) in [6.45, 7) is 0. The molecule has 2 unspecified atom stereocenters. The first kappa shape index (κ1) is 11.0. The second-order valence-electron chi connectivity index (χ2n) is 3.49. The lowest BCUT2D eigenvalue weighted by molar-refractivity contribution is 0.0638. The second-order valence-corrected chi connectivity index (χ2v) is 3.49. The minimum atomic E-state index is -1.19. The zero-order valence-corrected chi connectivity index (χ0v) is 8.40. The number of ether oxygens (including phenoxy) is 1. The van der Waals surface area contributed by atoms with Crippen molar-refractivity contribution >= 4 is 6.16 Å². The van der Waals surface area contributed by atoms with Crippen molar-refractivity contribution in [3.63, 3.8) is 0 Å². The van der Waals surface area contributed by atoms with Gasteiger partial charge in [-0.1, -0.05) is 6.08 Å². The zero-order chi connectivity index (χ0) is 10.4. The van der Waals surface area contributed by atoms with Crippen molar-refractivity contribution in [3.8, 4) is 0 Å². The summed E-state index contributed by atoms with van der Waals surface area (Å²) in [5, 5.41) is 11.7. The third-order valence-electron chi connectivity index (χ3n) is 2.49. The molecule has 0 saturated heterocycles. The number of hydrogen-bond acceptors (Lipinski definition) is 3. The highest BCUT2D eigenvalue weighted by Crippen LogP contribution is 2.14. The predicted molar refractivity (Wildman–Crippen MR) is 53.4 cm³/mol. The van der Waals surface area contributed by atoms with Gasteiger partial charge in [-0.2, -0.15) is 0 Å². The van der Waals surface area contributed by atoms with Crippen molar-refractivity contribution < 1.29 is 14.6 Å². The van der Waals surface area contributed by atoms with Crippen LogP contribution < -0.4 is 5.32 Å². The number of carbonyl (C=O) groups is 1. The molecule has 0 bridgehead atoms. The number of hydrogen-bond donors (Lipinski definition) is 2. The van der Waals surface area contributed by atoms with Crippen LogP contribution in [0.1, 0.15) is 25.7 Å². The Balaban J connectivity index is 2.44. The molecular weight excluding hydrogens is 182 g/mol. The Bertz CT molecular complexity index is 215. The first-order valence-corrected chi connectivity index (χ1v) is 4.96. The first-order chi connectivity index (χ1) is 6.72. The van der Waals surface area contributed by atoms with Gasteiger partial charge >= 0.3 is 6.16 Å². The molecule has 0 heterocycles. The molecule has 0 aromatic carbocycles. The fourth-order valence-corrected chi connectivity index (χ4v) is 1.67. The van der Waals surface area contributed by atoms with Crippen molar-refractivity contribution in [1.82, 2.24) is 5.32 Å². The van der Waals surface area contributed by atoms with Crippen molar-refractivity contribution in [2.45, 2.75) is 37.8 Å². The van der Waals surface area contributed by atoms with Gasteiger partial charge in [0.15, 0.2) is 0 Å². The summed E-state index contributed by atoms with van der Waals surface area (Å²) in [5.41, 5.74) is 0. The maximum absolute atomic E-state index is 10.3. The van der Waals surface area contributed by atoms with E-state index >= 15 is 0 Å². The van der Waals surface area contributed by atoms with Gasteiger partial charge in [0.25, 0.3) is 0 Å². The topological polar surface area (TPSA) is 58.6 Å². The second kappa shape index (κ2) is 5.65. The fraction of sp³-hybridized carbons (Fsp3) is 0.700. The van der Waals surface area contributed by atoms with Gasteiger partial charge in [-0.15, -0.1) is 0 Å². The molecule has 80 valence electrons. The largest absolute Gasteiger partial charge is 0.506 e. The molecular formula is C10H17NO3. The van der Waals surface area contributed by atoms with E-state index in [-0.39, 0.29) is 6.10 Å². The average Bonchev–Trinajstić information content (AvgIpc) is 2.10. The number of allylic oxidation sites excluding steroid dienone is 1. The Hall–Kier alpha value is -1.03. The Morgan fingerprint density at radius 1 is 1.50 bits per heavy atom.